The molecule has 1 saturated carbocycles. The normalized spacial score (nSPS) is 19.2. The Labute approximate surface area is 172 Å². The van der Waals surface area contributed by atoms with Crippen LogP contribution >= 0.6 is 0 Å². The molecule has 2 heterocycles. The van der Waals surface area contributed by atoms with E-state index < -0.39 is 10.0 Å². The van der Waals surface area contributed by atoms with Crippen molar-refractivity contribution in [3.8, 4) is 0 Å². The first-order chi connectivity index (χ1) is 13.6. The van der Waals surface area contributed by atoms with Crippen molar-refractivity contribution in [3.05, 3.63) is 35.3 Å². The first kappa shape index (κ1) is 20.8. The SMILES string of the molecule is CC(C)(C)Cn1cc(CNS(=O)(=O)C2CC2)c2cc(F)c(C3CCOCC3)cc21. The first-order valence-corrected chi connectivity index (χ1v) is 12.1. The molecule has 160 valence electrons. The van der Waals surface area contributed by atoms with E-state index in [0.29, 0.717) is 13.2 Å². The summed E-state index contributed by atoms with van der Waals surface area (Å²) < 4.78 is 49.9. The van der Waals surface area contributed by atoms with Crippen molar-refractivity contribution in [2.45, 2.75) is 70.7 Å². The largest absolute Gasteiger partial charge is 0.381 e. The Hall–Kier alpha value is -1.44. The number of benzene rings is 1. The Kier molecular flexibility index (Phi) is 5.51. The maximum atomic E-state index is 15.1. The summed E-state index contributed by atoms with van der Waals surface area (Å²) in [7, 11) is -3.28. The number of rotatable bonds is 6. The molecule has 1 aliphatic carbocycles. The number of aromatic nitrogens is 1. The van der Waals surface area contributed by atoms with Gasteiger partial charge in [0.1, 0.15) is 5.82 Å². The maximum Gasteiger partial charge on any atom is 0.214 e. The van der Waals surface area contributed by atoms with Crippen molar-refractivity contribution < 1.29 is 17.5 Å². The minimum atomic E-state index is -3.28. The highest BCUT2D eigenvalue weighted by atomic mass is 32.2. The van der Waals surface area contributed by atoms with Crippen LogP contribution in [0.3, 0.4) is 0 Å². The molecule has 0 atom stereocenters. The summed E-state index contributed by atoms with van der Waals surface area (Å²) in [4.78, 5) is 0. The number of hydrogen-bond donors (Lipinski definition) is 1. The van der Waals surface area contributed by atoms with E-state index in [1.54, 1.807) is 6.07 Å². The second kappa shape index (κ2) is 7.67. The van der Waals surface area contributed by atoms with E-state index in [1.807, 2.05) is 12.3 Å². The standard InChI is InChI=1S/C22H31FN2O3S/c1-22(2,3)14-25-13-16(12-24-29(26,27)17-4-5-17)19-10-20(23)18(11-21(19)25)15-6-8-28-9-7-15/h10-11,13,15,17,24H,4-9,12,14H2,1-3H3. The second-order valence-corrected chi connectivity index (χ2v) is 11.7. The third-order valence-corrected chi connectivity index (χ3v) is 7.71. The van der Waals surface area contributed by atoms with E-state index in [1.165, 1.54) is 0 Å². The molecule has 7 heteroatoms. The van der Waals surface area contributed by atoms with Crippen molar-refractivity contribution in [3.63, 3.8) is 0 Å². The minimum absolute atomic E-state index is 0.0456. The third-order valence-electron chi connectivity index (χ3n) is 5.81. The van der Waals surface area contributed by atoms with Crippen molar-refractivity contribution in [2.75, 3.05) is 13.2 Å². The van der Waals surface area contributed by atoms with Crippen LogP contribution in [-0.2, 0) is 27.8 Å². The number of ether oxygens (including phenoxy) is 1. The number of hydrogen-bond acceptors (Lipinski definition) is 3. The molecule has 1 saturated heterocycles. The number of nitrogens with zero attached hydrogens (tertiary/aromatic N) is 1. The van der Waals surface area contributed by atoms with Crippen LogP contribution in [0.2, 0.25) is 0 Å². The summed E-state index contributed by atoms with van der Waals surface area (Å²) in [5, 5.41) is 0.531. The Bertz CT molecular complexity index is 997. The lowest BCUT2D eigenvalue weighted by atomic mass is 9.90. The Morgan fingerprint density at radius 1 is 1.17 bits per heavy atom. The quantitative estimate of drug-likeness (QED) is 0.755. The molecule has 1 aliphatic heterocycles. The van der Waals surface area contributed by atoms with Crippen LogP contribution in [0.1, 0.15) is 63.5 Å². The Balaban J connectivity index is 1.72. The Morgan fingerprint density at radius 3 is 2.48 bits per heavy atom. The van der Waals surface area contributed by atoms with Gasteiger partial charge in [-0.25, -0.2) is 17.5 Å². The van der Waals surface area contributed by atoms with E-state index >= 15 is 4.39 Å². The predicted octanol–water partition coefficient (Wildman–Crippen LogP) is 4.30. The van der Waals surface area contributed by atoms with Gasteiger partial charge in [-0.3, -0.25) is 0 Å². The summed E-state index contributed by atoms with van der Waals surface area (Å²) in [6.45, 7) is 8.80. The zero-order valence-corrected chi connectivity index (χ0v) is 18.3. The van der Waals surface area contributed by atoms with Gasteiger partial charge in [0.15, 0.2) is 0 Å². The summed E-state index contributed by atoms with van der Waals surface area (Å²) >= 11 is 0. The van der Waals surface area contributed by atoms with E-state index in [9.17, 15) is 8.42 Å². The molecule has 29 heavy (non-hydrogen) atoms. The van der Waals surface area contributed by atoms with Crippen molar-refractivity contribution in [1.29, 1.82) is 0 Å². The number of fused-ring (bicyclic) bond motifs is 1. The molecule has 2 fully saturated rings. The molecule has 0 unspecified atom stereocenters. The fourth-order valence-electron chi connectivity index (χ4n) is 4.18. The maximum absolute atomic E-state index is 15.1. The molecule has 4 rings (SSSR count). The van der Waals surface area contributed by atoms with Gasteiger partial charge < -0.3 is 9.30 Å². The molecule has 2 aromatic rings. The van der Waals surface area contributed by atoms with Crippen molar-refractivity contribution in [1.82, 2.24) is 9.29 Å². The molecule has 0 bridgehead atoms. The molecule has 5 nitrogen and oxygen atoms in total. The van der Waals surface area contributed by atoms with Gasteiger partial charge in [0.25, 0.3) is 0 Å². The second-order valence-electron chi connectivity index (χ2n) is 9.69. The molecule has 2 aliphatic rings. The minimum Gasteiger partial charge on any atom is -0.381 e. The van der Waals surface area contributed by atoms with E-state index in [0.717, 1.165) is 54.3 Å². The van der Waals surface area contributed by atoms with Crippen LogP contribution in [0, 0.1) is 11.2 Å². The highest BCUT2D eigenvalue weighted by Gasteiger charge is 2.35. The molecular formula is C22H31FN2O3S. The Morgan fingerprint density at radius 2 is 1.86 bits per heavy atom. The van der Waals surface area contributed by atoms with Crippen LogP contribution in [0.25, 0.3) is 10.9 Å². The first-order valence-electron chi connectivity index (χ1n) is 10.5. The number of sulfonamides is 1. The van der Waals surface area contributed by atoms with Crippen LogP contribution in [0.15, 0.2) is 18.3 Å². The molecule has 0 spiro atoms. The summed E-state index contributed by atoms with van der Waals surface area (Å²) in [6, 6.07) is 3.57. The lowest BCUT2D eigenvalue weighted by Gasteiger charge is -2.24. The lowest BCUT2D eigenvalue weighted by molar-refractivity contribution is 0.0846. The predicted molar refractivity (Wildman–Crippen MR) is 113 cm³/mol. The van der Waals surface area contributed by atoms with E-state index in [-0.39, 0.29) is 28.9 Å². The molecular weight excluding hydrogens is 391 g/mol. The smallest absolute Gasteiger partial charge is 0.214 e. The van der Waals surface area contributed by atoms with Gasteiger partial charge in [-0.15, -0.1) is 0 Å². The van der Waals surface area contributed by atoms with Gasteiger partial charge in [-0.2, -0.15) is 0 Å². The molecule has 0 amide bonds. The average Bonchev–Trinajstić information content (AvgIpc) is 3.45. The van der Waals surface area contributed by atoms with Crippen molar-refractivity contribution in [2.24, 2.45) is 5.41 Å². The highest BCUT2D eigenvalue weighted by molar-refractivity contribution is 7.90. The van der Waals surface area contributed by atoms with Gasteiger partial charge >= 0.3 is 0 Å². The van der Waals surface area contributed by atoms with Gasteiger partial charge in [-0.1, -0.05) is 20.8 Å². The molecule has 0 radical (unpaired) electrons. The zero-order valence-electron chi connectivity index (χ0n) is 17.5. The molecule has 1 N–H and O–H groups in total. The van der Waals surface area contributed by atoms with E-state index in [2.05, 4.69) is 30.1 Å². The topological polar surface area (TPSA) is 60.3 Å². The molecule has 1 aromatic carbocycles. The van der Waals surface area contributed by atoms with Gasteiger partial charge in [-0.05, 0) is 60.3 Å². The lowest BCUT2D eigenvalue weighted by Crippen LogP contribution is -2.26. The van der Waals surface area contributed by atoms with Crippen LogP contribution in [0.5, 0.6) is 0 Å². The summed E-state index contributed by atoms with van der Waals surface area (Å²) in [5.41, 5.74) is 2.60. The fourth-order valence-corrected chi connectivity index (χ4v) is 5.53. The third kappa shape index (κ3) is 4.67. The van der Waals surface area contributed by atoms with Crippen LogP contribution in [-0.4, -0.2) is 31.4 Å². The highest BCUT2D eigenvalue weighted by Crippen LogP contribution is 2.35. The average molecular weight is 423 g/mol. The summed E-state index contributed by atoms with van der Waals surface area (Å²) in [5.74, 6) is -0.0350. The van der Waals surface area contributed by atoms with Crippen LogP contribution in [0.4, 0.5) is 4.39 Å². The van der Waals surface area contributed by atoms with Crippen molar-refractivity contribution >= 4 is 20.9 Å². The van der Waals surface area contributed by atoms with Crippen LogP contribution < -0.4 is 4.72 Å². The molecule has 1 aromatic heterocycles. The fraction of sp³-hybridized carbons (Fsp3) is 0.636. The van der Waals surface area contributed by atoms with Gasteiger partial charge in [0.2, 0.25) is 10.0 Å². The zero-order chi connectivity index (χ0) is 20.8. The van der Waals surface area contributed by atoms with Gasteiger partial charge in [0, 0.05) is 43.4 Å². The monoisotopic (exact) mass is 422 g/mol. The summed E-state index contributed by atoms with van der Waals surface area (Å²) in [6.07, 6.45) is 5.10. The van der Waals surface area contributed by atoms with Gasteiger partial charge in [0.05, 0.1) is 5.25 Å². The van der Waals surface area contributed by atoms with E-state index in [4.69, 9.17) is 4.74 Å². The number of nitrogens with one attached hydrogen (secondary N) is 1. The number of halogens is 1.